The van der Waals surface area contributed by atoms with Gasteiger partial charge in [0.15, 0.2) is 0 Å². The molecule has 0 spiro atoms. The van der Waals surface area contributed by atoms with Crippen LogP contribution in [0.4, 0.5) is 5.69 Å². The van der Waals surface area contributed by atoms with Gasteiger partial charge in [0.2, 0.25) is 0 Å². The van der Waals surface area contributed by atoms with Crippen molar-refractivity contribution in [3.8, 4) is 0 Å². The summed E-state index contributed by atoms with van der Waals surface area (Å²) < 4.78 is 26.5. The molecular weight excluding hydrogens is 332 g/mol. The first-order chi connectivity index (χ1) is 10.9. The highest BCUT2D eigenvalue weighted by molar-refractivity contribution is 7.94. The first-order valence-corrected chi connectivity index (χ1v) is 9.65. The van der Waals surface area contributed by atoms with Gasteiger partial charge < -0.3 is 4.90 Å². The van der Waals surface area contributed by atoms with E-state index in [4.69, 9.17) is 0 Å². The molecule has 0 unspecified atom stereocenters. The molecule has 0 fully saturated rings. The van der Waals surface area contributed by atoms with Gasteiger partial charge in [-0.05, 0) is 49.6 Å². The summed E-state index contributed by atoms with van der Waals surface area (Å²) in [6.07, 6.45) is 0. The molecule has 0 aliphatic carbocycles. The molecule has 1 aromatic carbocycles. The molecule has 7 heteroatoms. The van der Waals surface area contributed by atoms with Gasteiger partial charge in [-0.15, -0.1) is 11.3 Å². The van der Waals surface area contributed by atoms with E-state index in [2.05, 4.69) is 0 Å². The maximum absolute atomic E-state index is 12.5. The summed E-state index contributed by atoms with van der Waals surface area (Å²) in [5, 5.41) is 1.73. The van der Waals surface area contributed by atoms with Crippen LogP contribution in [0.15, 0.2) is 46.0 Å². The Kier molecular flexibility index (Phi) is 5.43. The van der Waals surface area contributed by atoms with Crippen molar-refractivity contribution in [2.45, 2.75) is 18.1 Å². The summed E-state index contributed by atoms with van der Waals surface area (Å²) in [7, 11) is -2.04. The van der Waals surface area contributed by atoms with Crippen LogP contribution in [-0.4, -0.2) is 39.4 Å². The number of thiophene rings is 1. The lowest BCUT2D eigenvalue weighted by Gasteiger charge is -2.20. The fourth-order valence-electron chi connectivity index (χ4n) is 2.19. The van der Waals surface area contributed by atoms with Crippen LogP contribution >= 0.6 is 11.3 Å². The average Bonchev–Trinajstić information content (AvgIpc) is 3.10. The summed E-state index contributed by atoms with van der Waals surface area (Å²) in [4.78, 5) is 14.0. The van der Waals surface area contributed by atoms with E-state index in [0.717, 1.165) is 0 Å². The van der Waals surface area contributed by atoms with Gasteiger partial charge in [0.1, 0.15) is 4.21 Å². The first kappa shape index (κ1) is 17.5. The van der Waals surface area contributed by atoms with Gasteiger partial charge in [-0.1, -0.05) is 6.07 Å². The molecule has 1 amide bonds. The number of carbonyl (C=O) groups is 1. The Bertz CT molecular complexity index is 749. The minimum absolute atomic E-state index is 0.0506. The van der Waals surface area contributed by atoms with Crippen LogP contribution in [-0.2, 0) is 10.0 Å². The zero-order valence-electron chi connectivity index (χ0n) is 13.4. The number of nitrogens with zero attached hydrogens (tertiary/aromatic N) is 2. The molecule has 0 bridgehead atoms. The number of benzene rings is 1. The monoisotopic (exact) mass is 352 g/mol. The number of hydrogen-bond donors (Lipinski definition) is 0. The molecule has 0 saturated heterocycles. The third-order valence-electron chi connectivity index (χ3n) is 3.64. The molecule has 23 heavy (non-hydrogen) atoms. The van der Waals surface area contributed by atoms with E-state index >= 15 is 0 Å². The van der Waals surface area contributed by atoms with Crippen LogP contribution in [0.5, 0.6) is 0 Å². The van der Waals surface area contributed by atoms with E-state index in [1.54, 1.807) is 46.7 Å². The smallest absolute Gasteiger partial charge is 0.273 e. The van der Waals surface area contributed by atoms with E-state index in [1.807, 2.05) is 13.8 Å². The predicted molar refractivity (Wildman–Crippen MR) is 93.6 cm³/mol. The van der Waals surface area contributed by atoms with Gasteiger partial charge in [-0.2, -0.15) is 0 Å². The second-order valence-corrected chi connectivity index (χ2v) is 8.07. The SMILES string of the molecule is CCN(CC)C(=O)c1ccc(N(C)S(=O)(=O)c2cccs2)cc1. The molecule has 0 N–H and O–H groups in total. The molecule has 5 nitrogen and oxygen atoms in total. The third-order valence-corrected chi connectivity index (χ3v) is 6.80. The maximum Gasteiger partial charge on any atom is 0.273 e. The van der Waals surface area contributed by atoms with E-state index < -0.39 is 10.0 Å². The Labute approximate surface area is 141 Å². The minimum atomic E-state index is -3.55. The third kappa shape index (κ3) is 3.56. The Balaban J connectivity index is 2.24. The molecule has 0 aliphatic heterocycles. The van der Waals surface area contributed by atoms with Crippen molar-refractivity contribution >= 4 is 33.0 Å². The highest BCUT2D eigenvalue weighted by Gasteiger charge is 2.22. The van der Waals surface area contributed by atoms with E-state index in [1.165, 1.54) is 22.7 Å². The Morgan fingerprint density at radius 2 is 1.70 bits per heavy atom. The van der Waals surface area contributed by atoms with Crippen molar-refractivity contribution in [1.82, 2.24) is 4.90 Å². The van der Waals surface area contributed by atoms with Gasteiger partial charge in [0, 0.05) is 25.7 Å². The van der Waals surface area contributed by atoms with Crippen molar-refractivity contribution < 1.29 is 13.2 Å². The Morgan fingerprint density at radius 3 is 2.17 bits per heavy atom. The highest BCUT2D eigenvalue weighted by atomic mass is 32.2. The van der Waals surface area contributed by atoms with E-state index in [9.17, 15) is 13.2 Å². The van der Waals surface area contributed by atoms with Gasteiger partial charge in [0.25, 0.3) is 15.9 Å². The van der Waals surface area contributed by atoms with Crippen LogP contribution in [0.25, 0.3) is 0 Å². The summed E-state index contributed by atoms with van der Waals surface area (Å²) in [6, 6.07) is 9.92. The summed E-state index contributed by atoms with van der Waals surface area (Å²) in [5.41, 5.74) is 1.08. The molecule has 124 valence electrons. The standard InChI is InChI=1S/C16H20N2O3S2/c1-4-18(5-2)16(19)13-8-10-14(11-9-13)17(3)23(20,21)15-7-6-12-22-15/h6-12H,4-5H2,1-3H3. The molecule has 0 saturated carbocycles. The highest BCUT2D eigenvalue weighted by Crippen LogP contribution is 2.25. The summed E-state index contributed by atoms with van der Waals surface area (Å²) >= 11 is 1.18. The number of rotatable bonds is 6. The lowest BCUT2D eigenvalue weighted by atomic mass is 10.2. The van der Waals surface area contributed by atoms with Crippen LogP contribution in [0.2, 0.25) is 0 Å². The fraction of sp³-hybridized carbons (Fsp3) is 0.312. The molecule has 1 aromatic heterocycles. The maximum atomic E-state index is 12.5. The molecule has 0 atom stereocenters. The summed E-state index contributed by atoms with van der Waals surface area (Å²) in [6.45, 7) is 5.14. The molecule has 1 heterocycles. The van der Waals surface area contributed by atoms with Crippen LogP contribution < -0.4 is 4.31 Å². The van der Waals surface area contributed by atoms with Crippen LogP contribution in [0, 0.1) is 0 Å². The zero-order chi connectivity index (χ0) is 17.0. The van der Waals surface area contributed by atoms with Crippen molar-refractivity contribution in [2.75, 3.05) is 24.4 Å². The second kappa shape index (κ2) is 7.14. The molecular formula is C16H20N2O3S2. The zero-order valence-corrected chi connectivity index (χ0v) is 15.0. The van der Waals surface area contributed by atoms with Gasteiger partial charge in [-0.25, -0.2) is 8.42 Å². The average molecular weight is 352 g/mol. The molecule has 2 aromatic rings. The normalized spacial score (nSPS) is 11.3. The number of amides is 1. The Morgan fingerprint density at radius 1 is 1.09 bits per heavy atom. The molecule has 0 aliphatic rings. The van der Waals surface area contributed by atoms with Gasteiger partial charge in [-0.3, -0.25) is 9.10 Å². The number of sulfonamides is 1. The minimum Gasteiger partial charge on any atom is -0.339 e. The lowest BCUT2D eigenvalue weighted by Crippen LogP contribution is -2.30. The van der Waals surface area contributed by atoms with Gasteiger partial charge >= 0.3 is 0 Å². The Hall–Kier alpha value is -1.86. The largest absolute Gasteiger partial charge is 0.339 e. The van der Waals surface area contributed by atoms with Crippen LogP contribution in [0.3, 0.4) is 0 Å². The number of hydrogen-bond acceptors (Lipinski definition) is 4. The molecule has 2 rings (SSSR count). The van der Waals surface area contributed by atoms with Crippen LogP contribution in [0.1, 0.15) is 24.2 Å². The van der Waals surface area contributed by atoms with E-state index in [0.29, 0.717) is 28.5 Å². The van der Waals surface area contributed by atoms with Crippen molar-refractivity contribution in [3.63, 3.8) is 0 Å². The van der Waals surface area contributed by atoms with E-state index in [-0.39, 0.29) is 5.91 Å². The lowest BCUT2D eigenvalue weighted by molar-refractivity contribution is 0.0773. The topological polar surface area (TPSA) is 57.7 Å². The quantitative estimate of drug-likeness (QED) is 0.803. The van der Waals surface area contributed by atoms with Gasteiger partial charge in [0.05, 0.1) is 5.69 Å². The predicted octanol–water partition coefficient (Wildman–Crippen LogP) is 3.06. The number of anilines is 1. The van der Waals surface area contributed by atoms with Crippen molar-refractivity contribution in [2.24, 2.45) is 0 Å². The first-order valence-electron chi connectivity index (χ1n) is 7.33. The fourth-order valence-corrected chi connectivity index (χ4v) is 4.55. The molecule has 0 radical (unpaired) electrons. The number of carbonyl (C=O) groups excluding carboxylic acids is 1. The second-order valence-electron chi connectivity index (χ2n) is 4.93. The van der Waals surface area contributed by atoms with Crippen molar-refractivity contribution in [1.29, 1.82) is 0 Å². The van der Waals surface area contributed by atoms with Crippen molar-refractivity contribution in [3.05, 3.63) is 47.3 Å². The summed E-state index contributed by atoms with van der Waals surface area (Å²) in [5.74, 6) is -0.0506.